The largest absolute Gasteiger partial charge is 0.349 e. The lowest BCUT2D eigenvalue weighted by Gasteiger charge is -2.18. The fourth-order valence-electron chi connectivity index (χ4n) is 2.38. The quantitative estimate of drug-likeness (QED) is 0.778. The van der Waals surface area contributed by atoms with Crippen molar-refractivity contribution in [2.45, 2.75) is 26.3 Å². The number of carbonyl (C=O) groups excluding carboxylic acids is 2. The molecular formula is C15H21N3O2. The summed E-state index contributed by atoms with van der Waals surface area (Å²) >= 11 is 0. The minimum absolute atomic E-state index is 0.0657. The Balaban J connectivity index is 1.99. The molecule has 2 amide bonds. The normalized spacial score (nSPS) is 19.4. The van der Waals surface area contributed by atoms with Crippen molar-refractivity contribution in [3.63, 3.8) is 0 Å². The van der Waals surface area contributed by atoms with Crippen LogP contribution in [0, 0.1) is 5.92 Å². The molecule has 5 heteroatoms. The summed E-state index contributed by atoms with van der Waals surface area (Å²) in [6.45, 7) is 5.09. The minimum Gasteiger partial charge on any atom is -0.349 e. The second-order valence-electron chi connectivity index (χ2n) is 5.23. The van der Waals surface area contributed by atoms with E-state index in [2.05, 4.69) is 16.0 Å². The highest BCUT2D eigenvalue weighted by Gasteiger charge is 2.23. The van der Waals surface area contributed by atoms with Gasteiger partial charge in [-0.2, -0.15) is 0 Å². The number of benzene rings is 1. The average Bonchev–Trinajstić information content (AvgIpc) is 2.92. The SMILES string of the molecule is CC(=O)Nc1cccc(C(C)NC(=O)C2CCNC2)c1. The molecule has 108 valence electrons. The minimum atomic E-state index is -0.101. The van der Waals surface area contributed by atoms with Crippen LogP contribution in [-0.4, -0.2) is 24.9 Å². The van der Waals surface area contributed by atoms with E-state index in [-0.39, 0.29) is 23.8 Å². The van der Waals surface area contributed by atoms with Gasteiger partial charge in [0, 0.05) is 19.2 Å². The Morgan fingerprint density at radius 1 is 1.40 bits per heavy atom. The van der Waals surface area contributed by atoms with Crippen LogP contribution in [0.15, 0.2) is 24.3 Å². The molecule has 5 nitrogen and oxygen atoms in total. The van der Waals surface area contributed by atoms with Crippen molar-refractivity contribution in [1.82, 2.24) is 10.6 Å². The van der Waals surface area contributed by atoms with E-state index in [1.54, 1.807) is 0 Å². The number of rotatable bonds is 4. The summed E-state index contributed by atoms with van der Waals surface area (Å²) in [5.74, 6) is 0.0549. The van der Waals surface area contributed by atoms with Crippen molar-refractivity contribution >= 4 is 17.5 Å². The van der Waals surface area contributed by atoms with E-state index in [1.807, 2.05) is 31.2 Å². The number of nitrogens with one attached hydrogen (secondary N) is 3. The second-order valence-corrected chi connectivity index (χ2v) is 5.23. The summed E-state index contributed by atoms with van der Waals surface area (Å²) in [7, 11) is 0. The fourth-order valence-corrected chi connectivity index (χ4v) is 2.38. The highest BCUT2D eigenvalue weighted by molar-refractivity contribution is 5.88. The molecule has 0 radical (unpaired) electrons. The Bertz CT molecular complexity index is 496. The lowest BCUT2D eigenvalue weighted by atomic mass is 10.0. The number of amides is 2. The fraction of sp³-hybridized carbons (Fsp3) is 0.467. The summed E-state index contributed by atoms with van der Waals surface area (Å²) in [5, 5.41) is 8.96. The molecule has 1 aromatic carbocycles. The van der Waals surface area contributed by atoms with Gasteiger partial charge in [0.25, 0.3) is 0 Å². The standard InChI is InChI=1S/C15H21N3O2/c1-10(17-15(20)13-6-7-16-9-13)12-4-3-5-14(8-12)18-11(2)19/h3-5,8,10,13,16H,6-7,9H2,1-2H3,(H,17,20)(H,18,19). The lowest BCUT2D eigenvalue weighted by Crippen LogP contribution is -2.33. The van der Waals surface area contributed by atoms with Gasteiger partial charge in [-0.25, -0.2) is 0 Å². The number of anilines is 1. The first-order valence-corrected chi connectivity index (χ1v) is 6.95. The third-order valence-electron chi connectivity index (χ3n) is 3.50. The van der Waals surface area contributed by atoms with Crippen molar-refractivity contribution < 1.29 is 9.59 Å². The number of hydrogen-bond acceptors (Lipinski definition) is 3. The Labute approximate surface area is 119 Å². The van der Waals surface area contributed by atoms with Gasteiger partial charge in [-0.15, -0.1) is 0 Å². The van der Waals surface area contributed by atoms with Crippen LogP contribution in [-0.2, 0) is 9.59 Å². The summed E-state index contributed by atoms with van der Waals surface area (Å²) in [4.78, 5) is 23.1. The molecule has 2 rings (SSSR count). The zero-order valence-corrected chi connectivity index (χ0v) is 11.9. The third-order valence-corrected chi connectivity index (χ3v) is 3.50. The van der Waals surface area contributed by atoms with Crippen LogP contribution in [0.25, 0.3) is 0 Å². The predicted octanol–water partition coefficient (Wildman–Crippen LogP) is 1.43. The summed E-state index contributed by atoms with van der Waals surface area (Å²) in [6, 6.07) is 7.47. The van der Waals surface area contributed by atoms with Crippen LogP contribution in [0.2, 0.25) is 0 Å². The second kappa shape index (κ2) is 6.52. The van der Waals surface area contributed by atoms with Gasteiger partial charge in [0.1, 0.15) is 0 Å². The van der Waals surface area contributed by atoms with E-state index in [0.717, 1.165) is 30.8 Å². The van der Waals surface area contributed by atoms with Gasteiger partial charge < -0.3 is 16.0 Å². The molecule has 2 atom stereocenters. The molecule has 1 saturated heterocycles. The van der Waals surface area contributed by atoms with Gasteiger partial charge in [0.2, 0.25) is 11.8 Å². The first-order chi connectivity index (χ1) is 9.56. The third kappa shape index (κ3) is 3.81. The monoisotopic (exact) mass is 275 g/mol. The first-order valence-electron chi connectivity index (χ1n) is 6.95. The molecule has 0 saturated carbocycles. The molecule has 0 aliphatic carbocycles. The molecule has 2 unspecified atom stereocenters. The van der Waals surface area contributed by atoms with Gasteiger partial charge in [0.05, 0.1) is 12.0 Å². The molecule has 1 aliphatic heterocycles. The molecule has 0 spiro atoms. The van der Waals surface area contributed by atoms with Crippen molar-refractivity contribution in [1.29, 1.82) is 0 Å². The van der Waals surface area contributed by atoms with E-state index in [1.165, 1.54) is 6.92 Å². The van der Waals surface area contributed by atoms with Gasteiger partial charge >= 0.3 is 0 Å². The van der Waals surface area contributed by atoms with Gasteiger partial charge in [-0.1, -0.05) is 12.1 Å². The predicted molar refractivity (Wildman–Crippen MR) is 78.3 cm³/mol. The summed E-state index contributed by atoms with van der Waals surface area (Å²) in [6.07, 6.45) is 0.893. The zero-order valence-electron chi connectivity index (χ0n) is 11.9. The molecule has 0 aromatic heterocycles. The Morgan fingerprint density at radius 2 is 2.20 bits per heavy atom. The molecule has 3 N–H and O–H groups in total. The van der Waals surface area contributed by atoms with E-state index < -0.39 is 0 Å². The van der Waals surface area contributed by atoms with Crippen molar-refractivity contribution in [2.24, 2.45) is 5.92 Å². The van der Waals surface area contributed by atoms with Crippen LogP contribution in [0.3, 0.4) is 0 Å². The number of carbonyl (C=O) groups is 2. The molecule has 20 heavy (non-hydrogen) atoms. The van der Waals surface area contributed by atoms with Gasteiger partial charge in [-0.05, 0) is 37.6 Å². The van der Waals surface area contributed by atoms with Crippen LogP contribution in [0.4, 0.5) is 5.69 Å². The van der Waals surface area contributed by atoms with Gasteiger partial charge in [0.15, 0.2) is 0 Å². The Hall–Kier alpha value is -1.88. The highest BCUT2D eigenvalue weighted by Crippen LogP contribution is 2.18. The first kappa shape index (κ1) is 14.5. The highest BCUT2D eigenvalue weighted by atomic mass is 16.2. The van der Waals surface area contributed by atoms with E-state index in [0.29, 0.717) is 0 Å². The maximum atomic E-state index is 12.1. The Morgan fingerprint density at radius 3 is 2.85 bits per heavy atom. The zero-order chi connectivity index (χ0) is 14.5. The molecule has 1 aromatic rings. The van der Waals surface area contributed by atoms with Crippen LogP contribution in [0.1, 0.15) is 31.9 Å². The van der Waals surface area contributed by atoms with Crippen LogP contribution >= 0.6 is 0 Å². The van der Waals surface area contributed by atoms with E-state index in [4.69, 9.17) is 0 Å². The van der Waals surface area contributed by atoms with E-state index in [9.17, 15) is 9.59 Å². The molecule has 1 aliphatic rings. The average molecular weight is 275 g/mol. The Kier molecular flexibility index (Phi) is 4.74. The topological polar surface area (TPSA) is 70.2 Å². The molecule has 0 bridgehead atoms. The maximum absolute atomic E-state index is 12.1. The number of hydrogen-bond donors (Lipinski definition) is 3. The summed E-state index contributed by atoms with van der Waals surface area (Å²) < 4.78 is 0. The van der Waals surface area contributed by atoms with Gasteiger partial charge in [-0.3, -0.25) is 9.59 Å². The van der Waals surface area contributed by atoms with Crippen molar-refractivity contribution in [3.8, 4) is 0 Å². The van der Waals surface area contributed by atoms with E-state index >= 15 is 0 Å². The van der Waals surface area contributed by atoms with Crippen molar-refractivity contribution in [3.05, 3.63) is 29.8 Å². The van der Waals surface area contributed by atoms with Crippen LogP contribution in [0.5, 0.6) is 0 Å². The maximum Gasteiger partial charge on any atom is 0.224 e. The smallest absolute Gasteiger partial charge is 0.224 e. The molecular weight excluding hydrogens is 254 g/mol. The summed E-state index contributed by atoms with van der Waals surface area (Å²) in [5.41, 5.74) is 1.73. The van der Waals surface area contributed by atoms with Crippen molar-refractivity contribution in [2.75, 3.05) is 18.4 Å². The molecule has 1 heterocycles. The molecule has 1 fully saturated rings. The lowest BCUT2D eigenvalue weighted by molar-refractivity contribution is -0.125. The van der Waals surface area contributed by atoms with Crippen LogP contribution < -0.4 is 16.0 Å².